The van der Waals surface area contributed by atoms with Gasteiger partial charge in [-0.15, -0.1) is 0 Å². The van der Waals surface area contributed by atoms with E-state index in [4.69, 9.17) is 4.74 Å². The summed E-state index contributed by atoms with van der Waals surface area (Å²) in [5.74, 6) is -1.42. The molecular weight excluding hydrogens is 304 g/mol. The fraction of sp³-hybridized carbons (Fsp3) is 0.875. The molecule has 0 spiro atoms. The van der Waals surface area contributed by atoms with E-state index < -0.39 is 36.4 Å². The Morgan fingerprint density at radius 1 is 1.17 bits per heavy atom. The van der Waals surface area contributed by atoms with Gasteiger partial charge in [-0.25, -0.2) is 4.79 Å². The highest BCUT2D eigenvalue weighted by atomic mass is 16.6. The Kier molecular flexibility index (Phi) is 9.13. The first kappa shape index (κ1) is 19.9. The van der Waals surface area contributed by atoms with Crippen LogP contribution in [0.15, 0.2) is 0 Å². The Morgan fingerprint density at radius 3 is 2.35 bits per heavy atom. The molecule has 0 bridgehead atoms. The molecule has 134 valence electrons. The highest BCUT2D eigenvalue weighted by Crippen LogP contribution is 2.19. The Bertz CT molecular complexity index is 371. The van der Waals surface area contributed by atoms with E-state index in [9.17, 15) is 24.9 Å². The zero-order valence-corrected chi connectivity index (χ0v) is 13.6. The third-order valence-electron chi connectivity index (χ3n) is 3.93. The van der Waals surface area contributed by atoms with Gasteiger partial charge in [0.05, 0.1) is 0 Å². The van der Waals surface area contributed by atoms with Crippen LogP contribution in [0.4, 0.5) is 0 Å². The van der Waals surface area contributed by atoms with Crippen molar-refractivity contribution in [3.8, 4) is 0 Å². The smallest absolute Gasteiger partial charge is 0.338 e. The molecule has 1 aliphatic rings. The van der Waals surface area contributed by atoms with Crippen molar-refractivity contribution in [3.05, 3.63) is 0 Å². The lowest BCUT2D eigenvalue weighted by molar-refractivity contribution is -0.156. The van der Waals surface area contributed by atoms with Crippen molar-refractivity contribution >= 4 is 11.9 Å². The fourth-order valence-corrected chi connectivity index (χ4v) is 2.47. The molecule has 1 saturated heterocycles. The van der Waals surface area contributed by atoms with Crippen LogP contribution < -0.4 is 0 Å². The van der Waals surface area contributed by atoms with E-state index >= 15 is 0 Å². The number of rotatable bonds is 11. The second kappa shape index (κ2) is 10.6. The number of aliphatic hydroxyl groups is 3. The summed E-state index contributed by atoms with van der Waals surface area (Å²) in [6.07, 6.45) is 2.10. The third kappa shape index (κ3) is 6.85. The highest BCUT2D eigenvalue weighted by molar-refractivity contribution is 5.77. The van der Waals surface area contributed by atoms with Crippen LogP contribution in [-0.4, -0.2) is 58.3 Å². The van der Waals surface area contributed by atoms with Gasteiger partial charge in [0.2, 0.25) is 0 Å². The number of esters is 2. The molecule has 0 saturated carbocycles. The summed E-state index contributed by atoms with van der Waals surface area (Å²) in [6.45, 7) is 1.79. The number of aliphatic hydroxyl groups excluding tert-OH is 3. The van der Waals surface area contributed by atoms with Crippen molar-refractivity contribution in [3.63, 3.8) is 0 Å². The van der Waals surface area contributed by atoms with Crippen LogP contribution in [0.1, 0.15) is 58.3 Å². The lowest BCUT2D eigenvalue weighted by Gasteiger charge is -2.19. The van der Waals surface area contributed by atoms with Gasteiger partial charge in [-0.3, -0.25) is 4.79 Å². The fourth-order valence-electron chi connectivity index (χ4n) is 2.47. The van der Waals surface area contributed by atoms with Crippen LogP contribution >= 0.6 is 0 Å². The first-order valence-corrected chi connectivity index (χ1v) is 8.37. The van der Waals surface area contributed by atoms with Crippen LogP contribution in [-0.2, 0) is 19.1 Å². The molecule has 7 nitrogen and oxygen atoms in total. The molecule has 0 unspecified atom stereocenters. The molecule has 4 atom stereocenters. The number of unbranched alkanes of at least 4 members (excludes halogenated alkanes) is 6. The van der Waals surface area contributed by atoms with Gasteiger partial charge in [0.1, 0.15) is 18.8 Å². The van der Waals surface area contributed by atoms with E-state index in [-0.39, 0.29) is 13.0 Å². The van der Waals surface area contributed by atoms with E-state index in [0.717, 1.165) is 19.3 Å². The summed E-state index contributed by atoms with van der Waals surface area (Å²) in [5.41, 5.74) is 0. The maximum Gasteiger partial charge on any atom is 0.338 e. The number of carbonyl (C=O) groups excluding carboxylic acids is 2. The largest absolute Gasteiger partial charge is 0.463 e. The molecule has 0 aliphatic carbocycles. The molecule has 0 aromatic rings. The van der Waals surface area contributed by atoms with Crippen LogP contribution in [0.5, 0.6) is 0 Å². The van der Waals surface area contributed by atoms with Gasteiger partial charge in [-0.2, -0.15) is 0 Å². The minimum Gasteiger partial charge on any atom is -0.463 e. The molecule has 3 N–H and O–H groups in total. The summed E-state index contributed by atoms with van der Waals surface area (Å²) < 4.78 is 9.55. The summed E-state index contributed by atoms with van der Waals surface area (Å²) in [7, 11) is 0. The van der Waals surface area contributed by atoms with Crippen LogP contribution in [0.25, 0.3) is 0 Å². The van der Waals surface area contributed by atoms with E-state index in [0.29, 0.717) is 0 Å². The predicted octanol–water partition coefficient (Wildman–Crippen LogP) is 0.678. The maximum absolute atomic E-state index is 11.6. The zero-order valence-electron chi connectivity index (χ0n) is 13.6. The number of hydrogen-bond acceptors (Lipinski definition) is 7. The van der Waals surface area contributed by atoms with Gasteiger partial charge in [0.15, 0.2) is 12.2 Å². The second-order valence-corrected chi connectivity index (χ2v) is 5.96. The standard InChI is InChI=1S/C16H28O7/c1-2-3-4-5-6-7-8-9-12(18)22-10-11(17)15-13(19)14(20)16(21)23-15/h11,13-15,17,19-20H,2-10H2,1H3/t11-,13+,14-,15+/m1/s1. The second-order valence-electron chi connectivity index (χ2n) is 5.96. The van der Waals surface area contributed by atoms with Crippen molar-refractivity contribution in [1.29, 1.82) is 0 Å². The average molecular weight is 332 g/mol. The van der Waals surface area contributed by atoms with Gasteiger partial charge >= 0.3 is 11.9 Å². The lowest BCUT2D eigenvalue weighted by Crippen LogP contribution is -2.41. The van der Waals surface area contributed by atoms with E-state index in [1.807, 2.05) is 0 Å². The molecule has 0 amide bonds. The third-order valence-corrected chi connectivity index (χ3v) is 3.93. The number of carbonyl (C=O) groups is 2. The predicted molar refractivity (Wildman–Crippen MR) is 81.5 cm³/mol. The first-order valence-electron chi connectivity index (χ1n) is 8.37. The molecular formula is C16H28O7. The van der Waals surface area contributed by atoms with Crippen LogP contribution in [0.2, 0.25) is 0 Å². The summed E-state index contributed by atoms with van der Waals surface area (Å²) in [6, 6.07) is 0. The lowest BCUT2D eigenvalue weighted by atomic mass is 10.1. The van der Waals surface area contributed by atoms with Crippen molar-refractivity contribution in [2.45, 2.75) is 82.7 Å². The van der Waals surface area contributed by atoms with Crippen molar-refractivity contribution in [2.75, 3.05) is 6.61 Å². The topological polar surface area (TPSA) is 113 Å². The molecule has 0 aromatic heterocycles. The SMILES string of the molecule is CCCCCCCCCC(=O)OC[C@@H](O)[C@@H]1OC(=O)[C@H](O)[C@@H]1O. The molecule has 0 aromatic carbocycles. The molecule has 0 radical (unpaired) electrons. The maximum atomic E-state index is 11.6. The first-order chi connectivity index (χ1) is 11.0. The molecule has 1 rings (SSSR count). The Morgan fingerprint density at radius 2 is 1.78 bits per heavy atom. The van der Waals surface area contributed by atoms with Gasteiger partial charge < -0.3 is 24.8 Å². The summed E-state index contributed by atoms with van der Waals surface area (Å²) in [4.78, 5) is 22.6. The number of hydrogen-bond donors (Lipinski definition) is 3. The molecule has 23 heavy (non-hydrogen) atoms. The number of cyclic esters (lactones) is 1. The van der Waals surface area contributed by atoms with Crippen LogP contribution in [0.3, 0.4) is 0 Å². The molecule has 1 fully saturated rings. The quantitative estimate of drug-likeness (QED) is 0.376. The minimum absolute atomic E-state index is 0.274. The molecule has 1 aliphatic heterocycles. The van der Waals surface area contributed by atoms with Crippen LogP contribution in [0, 0.1) is 0 Å². The summed E-state index contributed by atoms with van der Waals surface area (Å²) >= 11 is 0. The molecule has 7 heteroatoms. The minimum atomic E-state index is -1.67. The van der Waals surface area contributed by atoms with Gasteiger partial charge in [-0.1, -0.05) is 45.4 Å². The zero-order chi connectivity index (χ0) is 17.2. The van der Waals surface area contributed by atoms with E-state index in [2.05, 4.69) is 11.7 Å². The average Bonchev–Trinajstić information content (AvgIpc) is 2.79. The number of ether oxygens (including phenoxy) is 2. The Labute approximate surface area is 136 Å². The normalized spacial score (nSPS) is 25.2. The highest BCUT2D eigenvalue weighted by Gasteiger charge is 2.46. The van der Waals surface area contributed by atoms with Gasteiger partial charge in [0, 0.05) is 6.42 Å². The summed E-state index contributed by atoms with van der Waals surface area (Å²) in [5, 5.41) is 28.5. The Balaban J connectivity index is 2.10. The van der Waals surface area contributed by atoms with E-state index in [1.54, 1.807) is 0 Å². The monoisotopic (exact) mass is 332 g/mol. The molecule has 1 heterocycles. The van der Waals surface area contributed by atoms with Crippen molar-refractivity contribution < 1.29 is 34.4 Å². The Hall–Kier alpha value is -1.18. The van der Waals surface area contributed by atoms with Crippen molar-refractivity contribution in [2.24, 2.45) is 0 Å². The van der Waals surface area contributed by atoms with Gasteiger partial charge in [0.25, 0.3) is 0 Å². The van der Waals surface area contributed by atoms with Gasteiger partial charge in [-0.05, 0) is 6.42 Å². The van der Waals surface area contributed by atoms with E-state index in [1.165, 1.54) is 25.7 Å². The van der Waals surface area contributed by atoms with Crippen molar-refractivity contribution in [1.82, 2.24) is 0 Å².